The van der Waals surface area contributed by atoms with Crippen LogP contribution in [0.4, 0.5) is 0 Å². The van der Waals surface area contributed by atoms with Crippen molar-refractivity contribution < 1.29 is 23.8 Å². The molecule has 0 unspecified atom stereocenters. The summed E-state index contributed by atoms with van der Waals surface area (Å²) in [4.78, 5) is 25.7. The maximum Gasteiger partial charge on any atom is 0.330 e. The van der Waals surface area contributed by atoms with E-state index in [4.69, 9.17) is 14.2 Å². The number of amides is 1. The second-order valence-corrected chi connectivity index (χ2v) is 5.55. The Balaban J connectivity index is 1.92. The molecule has 1 aromatic carbocycles. The molecule has 1 aromatic rings. The zero-order valence-electron chi connectivity index (χ0n) is 14.8. The largest absolute Gasteiger partial charge is 0.463 e. The number of hydrogen-bond donors (Lipinski definition) is 0. The third-order valence-corrected chi connectivity index (χ3v) is 3.85. The van der Waals surface area contributed by atoms with Crippen molar-refractivity contribution >= 4 is 18.0 Å². The molecule has 0 N–H and O–H groups in total. The minimum atomic E-state index is -0.379. The first-order valence-electron chi connectivity index (χ1n) is 8.61. The predicted octanol–water partition coefficient (Wildman–Crippen LogP) is 2.49. The number of rotatable bonds is 8. The number of hydrogen-bond acceptors (Lipinski definition) is 5. The number of carbonyl (C=O) groups excluding carboxylic acids is 2. The Morgan fingerprint density at radius 1 is 1.20 bits per heavy atom. The Morgan fingerprint density at radius 2 is 1.88 bits per heavy atom. The Morgan fingerprint density at radius 3 is 2.48 bits per heavy atom. The number of nitrogens with zero attached hydrogens (tertiary/aromatic N) is 1. The number of esters is 1. The molecule has 1 amide bonds. The molecule has 0 bridgehead atoms. The van der Waals surface area contributed by atoms with Gasteiger partial charge in [0.05, 0.1) is 19.8 Å². The van der Waals surface area contributed by atoms with E-state index in [9.17, 15) is 9.59 Å². The SMILES string of the molecule is CCOC(=O)/C=C/c1ccc(C(=O)N(CC)CCC2OCCO2)cc1. The van der Waals surface area contributed by atoms with Crippen molar-refractivity contribution in [2.24, 2.45) is 0 Å². The molecule has 136 valence electrons. The maximum absolute atomic E-state index is 12.6. The molecule has 6 heteroatoms. The summed E-state index contributed by atoms with van der Waals surface area (Å²) in [5, 5.41) is 0. The Kier molecular flexibility index (Phi) is 7.63. The molecule has 1 saturated heterocycles. The standard InChI is InChI=1S/C19H25NO5/c1-3-20(12-11-18-24-13-14-25-18)19(22)16-8-5-15(6-9-16)7-10-17(21)23-4-2/h5-10,18H,3-4,11-14H2,1-2H3/b10-7+. The molecule has 1 aliphatic rings. The van der Waals surface area contributed by atoms with Gasteiger partial charge in [-0.05, 0) is 37.6 Å². The summed E-state index contributed by atoms with van der Waals surface area (Å²) in [5.74, 6) is -0.405. The lowest BCUT2D eigenvalue weighted by atomic mass is 10.1. The van der Waals surface area contributed by atoms with E-state index < -0.39 is 0 Å². The van der Waals surface area contributed by atoms with Gasteiger partial charge in [0.2, 0.25) is 0 Å². The third-order valence-electron chi connectivity index (χ3n) is 3.85. The highest BCUT2D eigenvalue weighted by Gasteiger charge is 2.19. The van der Waals surface area contributed by atoms with Gasteiger partial charge in [-0.15, -0.1) is 0 Å². The summed E-state index contributed by atoms with van der Waals surface area (Å²) in [6.07, 6.45) is 3.50. The van der Waals surface area contributed by atoms with E-state index in [-0.39, 0.29) is 18.2 Å². The van der Waals surface area contributed by atoms with Crippen molar-refractivity contribution in [1.82, 2.24) is 4.90 Å². The summed E-state index contributed by atoms with van der Waals surface area (Å²) >= 11 is 0. The first kappa shape index (κ1) is 19.1. The van der Waals surface area contributed by atoms with Gasteiger partial charge >= 0.3 is 5.97 Å². The van der Waals surface area contributed by atoms with Gasteiger partial charge in [0.15, 0.2) is 6.29 Å². The van der Waals surface area contributed by atoms with Gasteiger partial charge in [0.1, 0.15) is 0 Å². The fourth-order valence-electron chi connectivity index (χ4n) is 2.51. The van der Waals surface area contributed by atoms with Gasteiger partial charge in [0.25, 0.3) is 5.91 Å². The number of ether oxygens (including phenoxy) is 3. The molecule has 6 nitrogen and oxygen atoms in total. The normalized spacial score (nSPS) is 14.8. The van der Waals surface area contributed by atoms with Crippen LogP contribution in [0.5, 0.6) is 0 Å². The second kappa shape index (κ2) is 9.96. The van der Waals surface area contributed by atoms with Gasteiger partial charge in [-0.2, -0.15) is 0 Å². The van der Waals surface area contributed by atoms with E-state index in [1.54, 1.807) is 42.2 Å². The molecule has 0 atom stereocenters. The average molecular weight is 347 g/mol. The van der Waals surface area contributed by atoms with E-state index in [0.29, 0.717) is 44.9 Å². The quantitative estimate of drug-likeness (QED) is 0.534. The van der Waals surface area contributed by atoms with Gasteiger partial charge in [-0.25, -0.2) is 4.79 Å². The van der Waals surface area contributed by atoms with Crippen LogP contribution in [-0.4, -0.2) is 56.0 Å². The van der Waals surface area contributed by atoms with Gasteiger partial charge in [-0.1, -0.05) is 12.1 Å². The van der Waals surface area contributed by atoms with Gasteiger partial charge in [0, 0.05) is 31.1 Å². The van der Waals surface area contributed by atoms with Crippen LogP contribution in [0.15, 0.2) is 30.3 Å². The summed E-state index contributed by atoms with van der Waals surface area (Å²) in [7, 11) is 0. The molecule has 2 rings (SSSR count). The van der Waals surface area contributed by atoms with Crippen LogP contribution in [0.3, 0.4) is 0 Å². The Labute approximate surface area is 148 Å². The third kappa shape index (κ3) is 5.99. The van der Waals surface area contributed by atoms with E-state index in [2.05, 4.69) is 0 Å². The van der Waals surface area contributed by atoms with Crippen LogP contribution < -0.4 is 0 Å². The van der Waals surface area contributed by atoms with Crippen molar-refractivity contribution in [3.05, 3.63) is 41.5 Å². The molecule has 1 heterocycles. The summed E-state index contributed by atoms with van der Waals surface area (Å²) < 4.78 is 15.6. The zero-order valence-corrected chi connectivity index (χ0v) is 14.8. The van der Waals surface area contributed by atoms with Gasteiger partial charge in [-0.3, -0.25) is 4.79 Å². The van der Waals surface area contributed by atoms with Crippen molar-refractivity contribution in [3.63, 3.8) is 0 Å². The average Bonchev–Trinajstić information content (AvgIpc) is 3.14. The first-order chi connectivity index (χ1) is 12.1. The lowest BCUT2D eigenvalue weighted by molar-refractivity contribution is -0.137. The summed E-state index contributed by atoms with van der Waals surface area (Å²) in [6, 6.07) is 7.14. The van der Waals surface area contributed by atoms with Crippen molar-refractivity contribution in [2.45, 2.75) is 26.6 Å². The molecular weight excluding hydrogens is 322 g/mol. The van der Waals surface area contributed by atoms with E-state index in [1.165, 1.54) is 6.08 Å². The molecule has 1 aliphatic heterocycles. The second-order valence-electron chi connectivity index (χ2n) is 5.55. The maximum atomic E-state index is 12.6. The number of carbonyl (C=O) groups is 2. The molecule has 0 saturated carbocycles. The van der Waals surface area contributed by atoms with Crippen LogP contribution in [0, 0.1) is 0 Å². The molecule has 0 aromatic heterocycles. The fourth-order valence-corrected chi connectivity index (χ4v) is 2.51. The highest BCUT2D eigenvalue weighted by atomic mass is 16.7. The van der Waals surface area contributed by atoms with Crippen LogP contribution in [0.2, 0.25) is 0 Å². The van der Waals surface area contributed by atoms with Crippen LogP contribution in [-0.2, 0) is 19.0 Å². The summed E-state index contributed by atoms with van der Waals surface area (Å²) in [6.45, 7) is 6.50. The molecule has 0 radical (unpaired) electrons. The summed E-state index contributed by atoms with van der Waals surface area (Å²) in [5.41, 5.74) is 1.45. The fraction of sp³-hybridized carbons (Fsp3) is 0.474. The van der Waals surface area contributed by atoms with Crippen molar-refractivity contribution in [2.75, 3.05) is 32.9 Å². The Hall–Kier alpha value is -2.18. The Bertz CT molecular complexity index is 590. The highest BCUT2D eigenvalue weighted by Crippen LogP contribution is 2.12. The highest BCUT2D eigenvalue weighted by molar-refractivity contribution is 5.94. The smallest absolute Gasteiger partial charge is 0.330 e. The van der Waals surface area contributed by atoms with E-state index in [0.717, 1.165) is 5.56 Å². The van der Waals surface area contributed by atoms with Crippen LogP contribution in [0.25, 0.3) is 6.08 Å². The first-order valence-corrected chi connectivity index (χ1v) is 8.61. The number of benzene rings is 1. The molecular formula is C19H25NO5. The molecule has 0 spiro atoms. The monoisotopic (exact) mass is 347 g/mol. The molecule has 1 fully saturated rings. The van der Waals surface area contributed by atoms with Crippen molar-refractivity contribution in [3.8, 4) is 0 Å². The van der Waals surface area contributed by atoms with Crippen LogP contribution in [0.1, 0.15) is 36.2 Å². The van der Waals surface area contributed by atoms with E-state index in [1.807, 2.05) is 6.92 Å². The zero-order chi connectivity index (χ0) is 18.1. The molecule has 0 aliphatic carbocycles. The minimum absolute atomic E-state index is 0.0265. The lowest BCUT2D eigenvalue weighted by Gasteiger charge is -2.22. The van der Waals surface area contributed by atoms with E-state index >= 15 is 0 Å². The van der Waals surface area contributed by atoms with Crippen molar-refractivity contribution in [1.29, 1.82) is 0 Å². The predicted molar refractivity (Wildman–Crippen MR) is 94.0 cm³/mol. The van der Waals surface area contributed by atoms with Gasteiger partial charge < -0.3 is 19.1 Å². The topological polar surface area (TPSA) is 65.1 Å². The minimum Gasteiger partial charge on any atom is -0.463 e. The lowest BCUT2D eigenvalue weighted by Crippen LogP contribution is -2.33. The van der Waals surface area contributed by atoms with Crippen LogP contribution >= 0.6 is 0 Å². The molecule has 25 heavy (non-hydrogen) atoms.